The number of ether oxygens (including phenoxy) is 1. The third-order valence-electron chi connectivity index (χ3n) is 2.36. The van der Waals surface area contributed by atoms with E-state index in [0.717, 1.165) is 22.1 Å². The summed E-state index contributed by atoms with van der Waals surface area (Å²) in [5.41, 5.74) is 1.93. The van der Waals surface area contributed by atoms with Crippen LogP contribution in [0.15, 0.2) is 22.7 Å². The number of rotatable bonds is 6. The second-order valence-corrected chi connectivity index (χ2v) is 4.58. The molecule has 1 aromatic carbocycles. The smallest absolute Gasteiger partial charge is 0.224 e. The lowest BCUT2D eigenvalue weighted by atomic mass is 10.2. The van der Waals surface area contributed by atoms with Crippen molar-refractivity contribution >= 4 is 27.5 Å². The van der Waals surface area contributed by atoms with E-state index in [9.17, 15) is 4.79 Å². The lowest BCUT2D eigenvalue weighted by Crippen LogP contribution is -2.12. The first-order valence-electron chi connectivity index (χ1n) is 5.78. The topological polar surface area (TPSA) is 38.3 Å². The van der Waals surface area contributed by atoms with Gasteiger partial charge in [0.15, 0.2) is 0 Å². The van der Waals surface area contributed by atoms with Crippen LogP contribution in [0.4, 0.5) is 5.69 Å². The van der Waals surface area contributed by atoms with E-state index in [1.54, 1.807) is 0 Å². The van der Waals surface area contributed by atoms with E-state index in [4.69, 9.17) is 4.74 Å². The number of carbonyl (C=O) groups excluding carboxylic acids is 1. The minimum atomic E-state index is 0.0241. The van der Waals surface area contributed by atoms with E-state index in [1.165, 1.54) is 0 Å². The summed E-state index contributed by atoms with van der Waals surface area (Å²) in [6.45, 7) is 5.28. The van der Waals surface area contributed by atoms with Gasteiger partial charge in [0, 0.05) is 24.1 Å². The normalized spacial score (nSPS) is 10.3. The van der Waals surface area contributed by atoms with Gasteiger partial charge in [-0.1, -0.05) is 12.1 Å². The fraction of sp³-hybridized carbons (Fsp3) is 0.462. The lowest BCUT2D eigenvalue weighted by Gasteiger charge is -2.09. The second kappa shape index (κ2) is 7.45. The SMILES string of the molecule is CCOCCCC(=O)Nc1cccc(C)c1Br. The van der Waals surface area contributed by atoms with Crippen LogP contribution < -0.4 is 5.32 Å². The van der Waals surface area contributed by atoms with Crippen LogP contribution in [0.5, 0.6) is 0 Å². The molecule has 0 atom stereocenters. The molecule has 0 radical (unpaired) electrons. The molecule has 0 saturated heterocycles. The number of aryl methyl sites for hydroxylation is 1. The molecule has 0 saturated carbocycles. The number of amides is 1. The maximum Gasteiger partial charge on any atom is 0.224 e. The quantitative estimate of drug-likeness (QED) is 0.816. The molecule has 0 aromatic heterocycles. The van der Waals surface area contributed by atoms with Gasteiger partial charge in [0.25, 0.3) is 0 Å². The molecule has 0 aliphatic carbocycles. The van der Waals surface area contributed by atoms with Crippen LogP contribution >= 0.6 is 15.9 Å². The van der Waals surface area contributed by atoms with Crippen molar-refractivity contribution < 1.29 is 9.53 Å². The molecule has 0 aliphatic heterocycles. The Morgan fingerprint density at radius 3 is 2.94 bits per heavy atom. The number of hydrogen-bond acceptors (Lipinski definition) is 2. The van der Waals surface area contributed by atoms with Crippen LogP contribution in [0.1, 0.15) is 25.3 Å². The summed E-state index contributed by atoms with van der Waals surface area (Å²) in [6.07, 6.45) is 1.24. The second-order valence-electron chi connectivity index (χ2n) is 3.79. The molecule has 3 nitrogen and oxygen atoms in total. The van der Waals surface area contributed by atoms with Gasteiger partial charge in [-0.2, -0.15) is 0 Å². The number of hydrogen-bond donors (Lipinski definition) is 1. The molecule has 0 spiro atoms. The standard InChI is InChI=1S/C13H18BrNO2/c1-3-17-9-5-8-12(16)15-11-7-4-6-10(2)13(11)14/h4,6-7H,3,5,8-9H2,1-2H3,(H,15,16). The Balaban J connectivity index is 2.43. The monoisotopic (exact) mass is 299 g/mol. The molecule has 0 fully saturated rings. The number of nitrogens with one attached hydrogen (secondary N) is 1. The molecular weight excluding hydrogens is 282 g/mol. The zero-order valence-electron chi connectivity index (χ0n) is 10.3. The van der Waals surface area contributed by atoms with E-state index in [0.29, 0.717) is 19.6 Å². The van der Waals surface area contributed by atoms with E-state index in [-0.39, 0.29) is 5.91 Å². The summed E-state index contributed by atoms with van der Waals surface area (Å²) in [5.74, 6) is 0.0241. The number of carbonyl (C=O) groups is 1. The maximum atomic E-state index is 11.7. The Labute approximate surface area is 111 Å². The van der Waals surface area contributed by atoms with Crippen LogP contribution in [-0.2, 0) is 9.53 Å². The molecule has 0 unspecified atom stereocenters. The zero-order valence-corrected chi connectivity index (χ0v) is 11.8. The van der Waals surface area contributed by atoms with Gasteiger partial charge >= 0.3 is 0 Å². The zero-order chi connectivity index (χ0) is 12.7. The van der Waals surface area contributed by atoms with Crippen molar-refractivity contribution in [2.24, 2.45) is 0 Å². The Morgan fingerprint density at radius 1 is 1.47 bits per heavy atom. The van der Waals surface area contributed by atoms with Crippen molar-refractivity contribution in [3.8, 4) is 0 Å². The van der Waals surface area contributed by atoms with E-state index in [2.05, 4.69) is 21.2 Å². The van der Waals surface area contributed by atoms with Crippen molar-refractivity contribution in [1.29, 1.82) is 0 Å². The molecule has 0 aliphatic rings. The molecule has 0 bridgehead atoms. The number of halogens is 1. The molecule has 4 heteroatoms. The van der Waals surface area contributed by atoms with Crippen LogP contribution in [0.25, 0.3) is 0 Å². The highest BCUT2D eigenvalue weighted by Gasteiger charge is 2.06. The molecule has 17 heavy (non-hydrogen) atoms. The van der Waals surface area contributed by atoms with E-state index >= 15 is 0 Å². The minimum absolute atomic E-state index is 0.0241. The van der Waals surface area contributed by atoms with Crippen molar-refractivity contribution in [3.63, 3.8) is 0 Å². The molecule has 1 rings (SSSR count). The third kappa shape index (κ3) is 4.88. The summed E-state index contributed by atoms with van der Waals surface area (Å²) >= 11 is 3.46. The molecule has 1 aromatic rings. The fourth-order valence-corrected chi connectivity index (χ4v) is 1.80. The first-order valence-corrected chi connectivity index (χ1v) is 6.57. The molecule has 94 valence electrons. The summed E-state index contributed by atoms with van der Waals surface area (Å²) in [4.78, 5) is 11.7. The van der Waals surface area contributed by atoms with E-state index in [1.807, 2.05) is 32.0 Å². The summed E-state index contributed by atoms with van der Waals surface area (Å²) in [7, 11) is 0. The Bertz CT molecular complexity index is 380. The Kier molecular flexibility index (Phi) is 6.22. The van der Waals surface area contributed by atoms with Crippen LogP contribution in [0.2, 0.25) is 0 Å². The van der Waals surface area contributed by atoms with Gasteiger partial charge in [0.1, 0.15) is 0 Å². The van der Waals surface area contributed by atoms with Gasteiger partial charge in [-0.05, 0) is 47.8 Å². The molecule has 1 amide bonds. The van der Waals surface area contributed by atoms with Gasteiger partial charge in [0.05, 0.1) is 5.69 Å². The summed E-state index contributed by atoms with van der Waals surface area (Å²) in [5, 5.41) is 2.89. The van der Waals surface area contributed by atoms with Crippen molar-refractivity contribution in [2.75, 3.05) is 18.5 Å². The number of benzene rings is 1. The number of anilines is 1. The Hall–Kier alpha value is -0.870. The largest absolute Gasteiger partial charge is 0.382 e. The van der Waals surface area contributed by atoms with Gasteiger partial charge in [-0.3, -0.25) is 4.79 Å². The lowest BCUT2D eigenvalue weighted by molar-refractivity contribution is -0.116. The highest BCUT2D eigenvalue weighted by molar-refractivity contribution is 9.10. The van der Waals surface area contributed by atoms with Gasteiger partial charge in [-0.15, -0.1) is 0 Å². The van der Waals surface area contributed by atoms with Crippen LogP contribution in [0.3, 0.4) is 0 Å². The summed E-state index contributed by atoms with van der Waals surface area (Å²) in [6, 6.07) is 5.81. The van der Waals surface area contributed by atoms with E-state index < -0.39 is 0 Å². The average molecular weight is 300 g/mol. The fourth-order valence-electron chi connectivity index (χ4n) is 1.44. The van der Waals surface area contributed by atoms with Gasteiger partial charge in [-0.25, -0.2) is 0 Å². The first-order chi connectivity index (χ1) is 8.15. The molecule has 0 heterocycles. The molecular formula is C13H18BrNO2. The highest BCUT2D eigenvalue weighted by atomic mass is 79.9. The third-order valence-corrected chi connectivity index (χ3v) is 3.42. The van der Waals surface area contributed by atoms with Gasteiger partial charge < -0.3 is 10.1 Å². The first kappa shape index (κ1) is 14.2. The van der Waals surface area contributed by atoms with Crippen molar-refractivity contribution in [1.82, 2.24) is 0 Å². The molecule has 1 N–H and O–H groups in total. The van der Waals surface area contributed by atoms with Crippen LogP contribution in [0, 0.1) is 6.92 Å². The predicted octanol–water partition coefficient (Wildman–Crippen LogP) is 3.51. The maximum absolute atomic E-state index is 11.7. The summed E-state index contributed by atoms with van der Waals surface area (Å²) < 4.78 is 6.13. The predicted molar refractivity (Wildman–Crippen MR) is 73.2 cm³/mol. The highest BCUT2D eigenvalue weighted by Crippen LogP contribution is 2.25. The van der Waals surface area contributed by atoms with Gasteiger partial charge in [0.2, 0.25) is 5.91 Å². The van der Waals surface area contributed by atoms with Crippen molar-refractivity contribution in [3.05, 3.63) is 28.2 Å². The average Bonchev–Trinajstić information content (AvgIpc) is 2.31. The van der Waals surface area contributed by atoms with Crippen molar-refractivity contribution in [2.45, 2.75) is 26.7 Å². The minimum Gasteiger partial charge on any atom is -0.382 e. The van der Waals surface area contributed by atoms with Crippen LogP contribution in [-0.4, -0.2) is 19.1 Å². The Morgan fingerprint density at radius 2 is 2.24 bits per heavy atom.